The Morgan fingerprint density at radius 3 is 2.89 bits per heavy atom. The van der Waals surface area contributed by atoms with Crippen molar-refractivity contribution in [2.45, 2.75) is 18.1 Å². The van der Waals surface area contributed by atoms with Crippen molar-refractivity contribution in [2.24, 2.45) is 0 Å². The normalized spacial score (nSPS) is 25.3. The molecule has 2 atom stereocenters. The van der Waals surface area contributed by atoms with Crippen LogP contribution in [0.25, 0.3) is 0 Å². The molecule has 0 saturated carbocycles. The first kappa shape index (κ1) is 13.8. The summed E-state index contributed by atoms with van der Waals surface area (Å²) in [5.41, 5.74) is -0.110. The predicted octanol–water partition coefficient (Wildman–Crippen LogP) is 1.11. The number of benzene rings is 1. The zero-order valence-electron chi connectivity index (χ0n) is 10.1. The fourth-order valence-electron chi connectivity index (χ4n) is 2.03. The van der Waals surface area contributed by atoms with Crippen LogP contribution in [0.15, 0.2) is 24.3 Å². The minimum Gasteiger partial charge on any atom is -0.387 e. The van der Waals surface area contributed by atoms with Gasteiger partial charge in [0.25, 0.3) is 0 Å². The molecule has 3 N–H and O–H groups in total. The molecule has 1 aliphatic heterocycles. The van der Waals surface area contributed by atoms with E-state index in [4.69, 9.17) is 16.3 Å². The molecule has 5 heteroatoms. The molecule has 0 spiro atoms. The molecule has 0 radical (unpaired) electrons. The lowest BCUT2D eigenvalue weighted by Gasteiger charge is -2.22. The molecule has 1 aliphatic rings. The molecule has 0 amide bonds. The Morgan fingerprint density at radius 1 is 1.44 bits per heavy atom. The van der Waals surface area contributed by atoms with Crippen LogP contribution in [0.5, 0.6) is 0 Å². The first-order valence-electron chi connectivity index (χ1n) is 6.04. The van der Waals surface area contributed by atoms with Crippen LogP contribution in [-0.4, -0.2) is 42.1 Å². The third-order valence-corrected chi connectivity index (χ3v) is 3.48. The zero-order valence-corrected chi connectivity index (χ0v) is 10.9. The van der Waals surface area contributed by atoms with E-state index in [2.05, 4.69) is 5.32 Å². The number of nitrogens with one attached hydrogen (secondary N) is 1. The van der Waals surface area contributed by atoms with Crippen molar-refractivity contribution >= 4 is 11.6 Å². The molecule has 1 saturated heterocycles. The average Bonchev–Trinajstić information content (AvgIpc) is 2.77. The Kier molecular flexibility index (Phi) is 4.59. The molecule has 2 rings (SSSR count). The Bertz CT molecular complexity index is 394. The van der Waals surface area contributed by atoms with Gasteiger partial charge in [0.1, 0.15) is 5.60 Å². The number of halogens is 1. The minimum atomic E-state index is -0.805. The second-order valence-electron chi connectivity index (χ2n) is 4.70. The van der Waals surface area contributed by atoms with Gasteiger partial charge in [0.2, 0.25) is 0 Å². The van der Waals surface area contributed by atoms with Gasteiger partial charge in [0.05, 0.1) is 12.7 Å². The summed E-state index contributed by atoms with van der Waals surface area (Å²) in [6.07, 6.45) is -0.0491. The predicted molar refractivity (Wildman–Crippen MR) is 69.7 cm³/mol. The number of ether oxygens (including phenoxy) is 1. The highest BCUT2D eigenvalue weighted by molar-refractivity contribution is 6.31. The van der Waals surface area contributed by atoms with Gasteiger partial charge in [-0.2, -0.15) is 0 Å². The van der Waals surface area contributed by atoms with Crippen molar-refractivity contribution in [1.29, 1.82) is 0 Å². The molecule has 18 heavy (non-hydrogen) atoms. The molecule has 1 aromatic carbocycles. The summed E-state index contributed by atoms with van der Waals surface area (Å²) in [5, 5.41) is 23.6. The molecule has 4 nitrogen and oxygen atoms in total. The van der Waals surface area contributed by atoms with E-state index in [0.29, 0.717) is 43.3 Å². The van der Waals surface area contributed by atoms with Gasteiger partial charge in [-0.25, -0.2) is 0 Å². The van der Waals surface area contributed by atoms with Crippen LogP contribution in [0.4, 0.5) is 0 Å². The number of aliphatic hydroxyl groups excluding tert-OH is 1. The third kappa shape index (κ3) is 3.43. The second-order valence-corrected chi connectivity index (χ2v) is 5.10. The smallest absolute Gasteiger partial charge is 0.102 e. The molecule has 2 unspecified atom stereocenters. The Hall–Kier alpha value is -0.650. The van der Waals surface area contributed by atoms with Gasteiger partial charge in [-0.3, -0.25) is 0 Å². The summed E-state index contributed by atoms with van der Waals surface area (Å²) in [7, 11) is 0. The minimum absolute atomic E-state index is 0.349. The summed E-state index contributed by atoms with van der Waals surface area (Å²) < 4.78 is 5.15. The van der Waals surface area contributed by atoms with Crippen LogP contribution in [0.2, 0.25) is 5.02 Å². The Balaban J connectivity index is 1.82. The highest BCUT2D eigenvalue weighted by Gasteiger charge is 2.31. The summed E-state index contributed by atoms with van der Waals surface area (Å²) in [5.74, 6) is 0. The van der Waals surface area contributed by atoms with Crippen molar-refractivity contribution in [3.05, 3.63) is 34.9 Å². The lowest BCUT2D eigenvalue weighted by molar-refractivity contribution is 0.0244. The van der Waals surface area contributed by atoms with Gasteiger partial charge in [-0.1, -0.05) is 29.8 Å². The fourth-order valence-corrected chi connectivity index (χ4v) is 2.29. The van der Waals surface area contributed by atoms with Gasteiger partial charge in [0, 0.05) is 36.7 Å². The van der Waals surface area contributed by atoms with E-state index in [1.165, 1.54) is 0 Å². The zero-order chi connectivity index (χ0) is 13.0. The monoisotopic (exact) mass is 271 g/mol. The Morgan fingerprint density at radius 2 is 2.22 bits per heavy atom. The molecule has 0 aliphatic carbocycles. The molecule has 100 valence electrons. The summed E-state index contributed by atoms with van der Waals surface area (Å²) in [6.45, 7) is 1.70. The molecular weight excluding hydrogens is 254 g/mol. The van der Waals surface area contributed by atoms with E-state index in [1.54, 1.807) is 12.1 Å². The number of hydrogen-bond acceptors (Lipinski definition) is 4. The van der Waals surface area contributed by atoms with Crippen LogP contribution in [-0.2, 0) is 4.74 Å². The van der Waals surface area contributed by atoms with Crippen molar-refractivity contribution in [2.75, 3.05) is 26.3 Å². The number of hydrogen-bond donors (Lipinski definition) is 3. The SMILES string of the molecule is OC(CNCC1(O)CCOC1)c1ccccc1Cl. The maximum Gasteiger partial charge on any atom is 0.102 e. The quantitative estimate of drug-likeness (QED) is 0.751. The van der Waals surface area contributed by atoms with Gasteiger partial charge >= 0.3 is 0 Å². The van der Waals surface area contributed by atoms with Crippen LogP contribution in [0.1, 0.15) is 18.1 Å². The summed E-state index contributed by atoms with van der Waals surface area (Å²) >= 11 is 6.00. The lowest BCUT2D eigenvalue weighted by Crippen LogP contribution is -2.42. The van der Waals surface area contributed by atoms with E-state index < -0.39 is 11.7 Å². The highest BCUT2D eigenvalue weighted by Crippen LogP contribution is 2.22. The first-order chi connectivity index (χ1) is 8.61. The third-order valence-electron chi connectivity index (χ3n) is 3.14. The first-order valence-corrected chi connectivity index (χ1v) is 6.42. The second kappa shape index (κ2) is 5.99. The van der Waals surface area contributed by atoms with Crippen molar-refractivity contribution < 1.29 is 14.9 Å². The molecular formula is C13H18ClNO3. The lowest BCUT2D eigenvalue weighted by atomic mass is 10.0. The van der Waals surface area contributed by atoms with Crippen LogP contribution in [0, 0.1) is 0 Å². The summed E-state index contributed by atoms with van der Waals surface area (Å²) in [4.78, 5) is 0. The fraction of sp³-hybridized carbons (Fsp3) is 0.538. The van der Waals surface area contributed by atoms with Gasteiger partial charge < -0.3 is 20.3 Å². The molecule has 1 aromatic rings. The van der Waals surface area contributed by atoms with Crippen molar-refractivity contribution in [3.63, 3.8) is 0 Å². The molecule has 0 bridgehead atoms. The van der Waals surface area contributed by atoms with Gasteiger partial charge in [-0.05, 0) is 6.07 Å². The average molecular weight is 272 g/mol. The topological polar surface area (TPSA) is 61.7 Å². The van der Waals surface area contributed by atoms with Gasteiger partial charge in [0.15, 0.2) is 0 Å². The summed E-state index contributed by atoms with van der Waals surface area (Å²) in [6, 6.07) is 7.20. The molecule has 1 heterocycles. The van der Waals surface area contributed by atoms with Crippen LogP contribution in [0.3, 0.4) is 0 Å². The number of aliphatic hydroxyl groups is 2. The standard InChI is InChI=1S/C13H18ClNO3/c14-11-4-2-1-3-10(11)12(16)7-15-8-13(17)5-6-18-9-13/h1-4,12,15-17H,5-9H2. The van der Waals surface area contributed by atoms with E-state index in [0.717, 1.165) is 0 Å². The highest BCUT2D eigenvalue weighted by atomic mass is 35.5. The van der Waals surface area contributed by atoms with E-state index in [1.807, 2.05) is 12.1 Å². The van der Waals surface area contributed by atoms with Crippen LogP contribution < -0.4 is 5.32 Å². The van der Waals surface area contributed by atoms with E-state index in [9.17, 15) is 10.2 Å². The van der Waals surface area contributed by atoms with E-state index >= 15 is 0 Å². The maximum absolute atomic E-state index is 10.0. The van der Waals surface area contributed by atoms with Crippen molar-refractivity contribution in [1.82, 2.24) is 5.32 Å². The molecule has 0 aromatic heterocycles. The van der Waals surface area contributed by atoms with Crippen LogP contribution >= 0.6 is 11.6 Å². The van der Waals surface area contributed by atoms with E-state index in [-0.39, 0.29) is 0 Å². The Labute approximate surface area is 112 Å². The number of rotatable bonds is 5. The maximum atomic E-state index is 10.0. The van der Waals surface area contributed by atoms with Crippen molar-refractivity contribution in [3.8, 4) is 0 Å². The van der Waals surface area contributed by atoms with Gasteiger partial charge in [-0.15, -0.1) is 0 Å². The largest absolute Gasteiger partial charge is 0.387 e. The molecule has 1 fully saturated rings.